The van der Waals surface area contributed by atoms with Gasteiger partial charge in [0.15, 0.2) is 0 Å². The Hall–Kier alpha value is -0.610. The summed E-state index contributed by atoms with van der Waals surface area (Å²) in [5.41, 5.74) is 5.15. The number of carbonyl (C=O) groups excluding carboxylic acids is 2. The average Bonchev–Trinajstić information content (AvgIpc) is 2.87. The highest BCUT2D eigenvalue weighted by Crippen LogP contribution is 2.41. The Morgan fingerprint density at radius 1 is 1.15 bits per heavy atom. The number of nitrogens with zero attached hydrogens (tertiary/aromatic N) is 3. The van der Waals surface area contributed by atoms with E-state index in [2.05, 4.69) is 28.0 Å². The van der Waals surface area contributed by atoms with Gasteiger partial charge in [0.25, 0.3) is 0 Å². The number of primary amides is 1. The number of hydrogen-bond acceptors (Lipinski definition) is 7. The highest BCUT2D eigenvalue weighted by molar-refractivity contribution is 7.57. The monoisotopic (exact) mass is 537 g/mol. The second-order valence-corrected chi connectivity index (χ2v) is 14.0. The topological polar surface area (TPSA) is 139 Å². The van der Waals surface area contributed by atoms with Crippen molar-refractivity contribution < 1.29 is 23.9 Å². The van der Waals surface area contributed by atoms with Crippen molar-refractivity contribution in [2.24, 2.45) is 5.73 Å². The Kier molecular flexibility index (Phi) is 16.4. The minimum Gasteiger partial charge on any atom is -0.372 e. The number of amides is 2. The fourth-order valence-corrected chi connectivity index (χ4v) is 7.59. The summed E-state index contributed by atoms with van der Waals surface area (Å²) in [4.78, 5) is 50.3. The second kappa shape index (κ2) is 17.8. The Bertz CT molecular complexity index is 709. The van der Waals surface area contributed by atoms with Crippen molar-refractivity contribution in [3.05, 3.63) is 0 Å². The van der Waals surface area contributed by atoms with Crippen molar-refractivity contribution in [1.82, 2.24) is 20.0 Å². The zero-order valence-electron chi connectivity index (χ0n) is 20.3. The summed E-state index contributed by atoms with van der Waals surface area (Å²) in [6, 6.07) is 0. The SMILES string of the molecule is C#CCNC(=O)CCP(O)CN1CCN(CPCCC)CCN(CP(=O)(O)CCC(N)=O)CC1. The van der Waals surface area contributed by atoms with Crippen molar-refractivity contribution >= 4 is 35.9 Å². The Labute approximate surface area is 207 Å². The van der Waals surface area contributed by atoms with Crippen LogP contribution < -0.4 is 11.1 Å². The van der Waals surface area contributed by atoms with Gasteiger partial charge in [-0.25, -0.2) is 0 Å². The third kappa shape index (κ3) is 15.4. The number of carbonyl (C=O) groups is 2. The lowest BCUT2D eigenvalue weighted by molar-refractivity contribution is -0.120. The summed E-state index contributed by atoms with van der Waals surface area (Å²) in [6.45, 7) is 6.77. The highest BCUT2D eigenvalue weighted by atomic mass is 31.2. The largest absolute Gasteiger partial charge is 0.372 e. The van der Waals surface area contributed by atoms with E-state index in [0.29, 0.717) is 32.1 Å². The Balaban J connectivity index is 2.72. The van der Waals surface area contributed by atoms with E-state index < -0.39 is 21.4 Å². The Morgan fingerprint density at radius 3 is 2.35 bits per heavy atom. The van der Waals surface area contributed by atoms with E-state index in [1.165, 1.54) is 6.16 Å². The summed E-state index contributed by atoms with van der Waals surface area (Å²) in [5, 5.41) is 2.61. The maximum atomic E-state index is 12.6. The molecular weight excluding hydrogens is 495 g/mol. The molecule has 0 saturated carbocycles. The fraction of sp³-hybridized carbons (Fsp3) is 0.810. The van der Waals surface area contributed by atoms with E-state index in [1.54, 1.807) is 0 Å². The first kappa shape index (κ1) is 31.4. The fourth-order valence-electron chi connectivity index (χ4n) is 3.48. The molecule has 1 fully saturated rings. The predicted octanol–water partition coefficient (Wildman–Crippen LogP) is 0.542. The number of rotatable bonds is 15. The lowest BCUT2D eigenvalue weighted by atomic mass is 10.4. The zero-order valence-corrected chi connectivity index (χ0v) is 23.1. The van der Waals surface area contributed by atoms with Crippen LogP contribution in [-0.4, -0.2) is 119 Å². The van der Waals surface area contributed by atoms with E-state index >= 15 is 0 Å². The molecule has 0 aliphatic carbocycles. The molecule has 34 heavy (non-hydrogen) atoms. The maximum Gasteiger partial charge on any atom is 0.221 e. The van der Waals surface area contributed by atoms with Crippen molar-refractivity contribution in [3.8, 4) is 12.3 Å². The third-order valence-corrected chi connectivity index (χ3v) is 10.2. The first-order chi connectivity index (χ1) is 16.1. The molecule has 10 nitrogen and oxygen atoms in total. The number of terminal acetylenes is 1. The van der Waals surface area contributed by atoms with Gasteiger partial charge >= 0.3 is 0 Å². The molecule has 1 saturated heterocycles. The summed E-state index contributed by atoms with van der Waals surface area (Å²) < 4.78 is 12.6. The lowest BCUT2D eigenvalue weighted by Crippen LogP contribution is -2.37. The second-order valence-electron chi connectivity index (χ2n) is 8.54. The quantitative estimate of drug-likeness (QED) is 0.135. The highest BCUT2D eigenvalue weighted by Gasteiger charge is 2.25. The van der Waals surface area contributed by atoms with E-state index in [4.69, 9.17) is 12.2 Å². The van der Waals surface area contributed by atoms with Gasteiger partial charge in [-0.1, -0.05) is 19.3 Å². The van der Waals surface area contributed by atoms with E-state index in [1.807, 2.05) is 4.90 Å². The zero-order chi connectivity index (χ0) is 25.4. The lowest BCUT2D eigenvalue weighted by Gasteiger charge is -2.28. The van der Waals surface area contributed by atoms with Crippen LogP contribution in [0.15, 0.2) is 0 Å². The number of nitrogens with one attached hydrogen (secondary N) is 1. The summed E-state index contributed by atoms with van der Waals surface area (Å²) in [7, 11) is -3.99. The molecule has 1 aliphatic rings. The Morgan fingerprint density at radius 2 is 1.76 bits per heavy atom. The van der Waals surface area contributed by atoms with Crippen molar-refractivity contribution in [3.63, 3.8) is 0 Å². The van der Waals surface area contributed by atoms with Gasteiger partial charge in [0, 0.05) is 85.2 Å². The average molecular weight is 538 g/mol. The molecule has 0 aromatic heterocycles. The van der Waals surface area contributed by atoms with Crippen LogP contribution in [0.5, 0.6) is 0 Å². The molecule has 3 unspecified atom stereocenters. The third-order valence-electron chi connectivity index (χ3n) is 5.44. The molecule has 0 aromatic rings. The van der Waals surface area contributed by atoms with Crippen LogP contribution in [0.25, 0.3) is 0 Å². The van der Waals surface area contributed by atoms with Crippen LogP contribution in [0.3, 0.4) is 0 Å². The predicted molar refractivity (Wildman–Crippen MR) is 142 cm³/mol. The molecule has 0 radical (unpaired) electrons. The number of nitrogens with two attached hydrogens (primary N) is 1. The normalized spacial score (nSPS) is 19.6. The van der Waals surface area contributed by atoms with Gasteiger partial charge in [0.1, 0.15) is 0 Å². The van der Waals surface area contributed by atoms with Crippen LogP contribution in [0.4, 0.5) is 0 Å². The minimum atomic E-state index is -3.50. The van der Waals surface area contributed by atoms with Crippen LogP contribution in [0, 0.1) is 12.3 Å². The van der Waals surface area contributed by atoms with Gasteiger partial charge in [-0.05, 0) is 6.16 Å². The summed E-state index contributed by atoms with van der Waals surface area (Å²) in [5.74, 6) is 1.63. The summed E-state index contributed by atoms with van der Waals surface area (Å²) in [6.07, 6.45) is 9.46. The van der Waals surface area contributed by atoms with Gasteiger partial charge in [0.05, 0.1) is 12.8 Å². The smallest absolute Gasteiger partial charge is 0.221 e. The molecule has 1 rings (SSSR count). The van der Waals surface area contributed by atoms with Crippen molar-refractivity contribution in [1.29, 1.82) is 0 Å². The first-order valence-corrected chi connectivity index (χ1v) is 16.9. The van der Waals surface area contributed by atoms with Crippen LogP contribution in [0.1, 0.15) is 26.2 Å². The van der Waals surface area contributed by atoms with Crippen molar-refractivity contribution in [2.45, 2.75) is 26.2 Å². The van der Waals surface area contributed by atoms with E-state index in [-0.39, 0.29) is 37.7 Å². The molecule has 1 aliphatic heterocycles. The molecule has 2 amide bonds. The standard InChI is InChI=1S/C21H42N5O5P3/c1-3-7-23-21(28)5-15-33(29)18-25-10-8-24(17-32-14-4-2)9-12-26(13-11-25)19-34(30,31)16-6-20(22)27/h1,29,32H,4-19H2,2H3,(H2,22,27)(H,23,28)(H,30,31). The van der Waals surface area contributed by atoms with E-state index in [0.717, 1.165) is 40.9 Å². The van der Waals surface area contributed by atoms with Gasteiger partial charge < -0.3 is 20.8 Å². The summed E-state index contributed by atoms with van der Waals surface area (Å²) >= 11 is 0. The van der Waals surface area contributed by atoms with Gasteiger partial charge in [-0.3, -0.25) is 28.9 Å². The molecular formula is C21H42N5O5P3. The molecule has 0 aromatic carbocycles. The van der Waals surface area contributed by atoms with Crippen LogP contribution in [-0.2, 0) is 14.2 Å². The molecule has 3 atom stereocenters. The van der Waals surface area contributed by atoms with E-state index in [9.17, 15) is 23.9 Å². The van der Waals surface area contributed by atoms with Crippen LogP contribution in [0.2, 0.25) is 0 Å². The van der Waals surface area contributed by atoms with Gasteiger partial charge in [-0.2, -0.15) is 0 Å². The van der Waals surface area contributed by atoms with Crippen LogP contribution >= 0.6 is 24.1 Å². The molecule has 0 bridgehead atoms. The van der Waals surface area contributed by atoms with Crippen molar-refractivity contribution in [2.75, 3.05) is 83.2 Å². The maximum absolute atomic E-state index is 12.6. The minimum absolute atomic E-state index is 0.0302. The molecule has 0 spiro atoms. The number of hydrogen-bond donors (Lipinski definition) is 4. The molecule has 13 heteroatoms. The molecule has 196 valence electrons. The van der Waals surface area contributed by atoms with Gasteiger partial charge in [-0.15, -0.1) is 15.0 Å². The molecule has 1 heterocycles. The van der Waals surface area contributed by atoms with Gasteiger partial charge in [0.2, 0.25) is 19.2 Å². The molecule has 5 N–H and O–H groups in total. The first-order valence-electron chi connectivity index (χ1n) is 11.8.